The fourth-order valence-corrected chi connectivity index (χ4v) is 4.00. The molecule has 0 aliphatic rings. The van der Waals surface area contributed by atoms with Crippen molar-refractivity contribution in [3.05, 3.63) is 66.0 Å². The molecular weight excluding hydrogens is 537 g/mol. The molecule has 144 valence electrons. The number of nitrogens with two attached hydrogens (primary N) is 1. The zero-order valence-corrected chi connectivity index (χ0v) is 18.6. The molecule has 28 heavy (non-hydrogen) atoms. The fraction of sp³-hybridized carbons (Fsp3) is 0.0556. The predicted molar refractivity (Wildman–Crippen MR) is 114 cm³/mol. The average molecular weight is 548 g/mol. The Kier molecular flexibility index (Phi) is 7.89. The number of nitriles is 1. The number of primary amides is 1. The number of nitrogens with one attached hydrogen (secondary N) is 1. The van der Waals surface area contributed by atoms with Crippen LogP contribution in [0.5, 0.6) is 5.75 Å². The van der Waals surface area contributed by atoms with Gasteiger partial charge in [0.05, 0.1) is 8.95 Å². The van der Waals surface area contributed by atoms with Gasteiger partial charge in [-0.1, -0.05) is 29.3 Å². The Morgan fingerprint density at radius 3 is 2.39 bits per heavy atom. The molecule has 10 heteroatoms. The first-order chi connectivity index (χ1) is 13.2. The van der Waals surface area contributed by atoms with Crippen molar-refractivity contribution in [2.75, 3.05) is 0 Å². The van der Waals surface area contributed by atoms with Crippen LogP contribution < -0.4 is 15.8 Å². The first-order valence-electron chi connectivity index (χ1n) is 7.49. The fourth-order valence-electron chi connectivity index (χ4n) is 2.08. The van der Waals surface area contributed by atoms with E-state index in [-0.39, 0.29) is 12.2 Å². The van der Waals surface area contributed by atoms with E-state index in [2.05, 4.69) is 31.9 Å². The lowest BCUT2D eigenvalue weighted by Gasteiger charge is -2.12. The van der Waals surface area contributed by atoms with Crippen LogP contribution in [0.2, 0.25) is 10.0 Å². The van der Waals surface area contributed by atoms with Crippen LogP contribution in [0, 0.1) is 11.3 Å². The molecule has 3 N–H and O–H groups in total. The molecule has 0 spiro atoms. The number of nitrogens with zero attached hydrogens (tertiary/aromatic N) is 1. The highest BCUT2D eigenvalue weighted by molar-refractivity contribution is 9.11. The third-order valence-electron chi connectivity index (χ3n) is 3.32. The van der Waals surface area contributed by atoms with Crippen LogP contribution in [0.4, 0.5) is 4.79 Å². The minimum atomic E-state index is -1.04. The van der Waals surface area contributed by atoms with Gasteiger partial charge in [0.15, 0.2) is 0 Å². The SMILES string of the molecule is N#C/C(=C/c1cc(Br)c(OCc2ccc(Cl)cc2Cl)c(Br)c1)C(=O)NC(N)=O. The highest BCUT2D eigenvalue weighted by Gasteiger charge is 2.14. The normalized spacial score (nSPS) is 10.9. The van der Waals surface area contributed by atoms with Gasteiger partial charge in [-0.3, -0.25) is 10.1 Å². The number of carbonyl (C=O) groups excluding carboxylic acids is 2. The summed E-state index contributed by atoms with van der Waals surface area (Å²) in [5, 5.41) is 12.0. The van der Waals surface area contributed by atoms with Crippen molar-refractivity contribution in [2.45, 2.75) is 6.61 Å². The van der Waals surface area contributed by atoms with E-state index >= 15 is 0 Å². The van der Waals surface area contributed by atoms with E-state index in [0.717, 1.165) is 5.56 Å². The van der Waals surface area contributed by atoms with Gasteiger partial charge in [0, 0.05) is 15.6 Å². The van der Waals surface area contributed by atoms with E-state index in [1.807, 2.05) is 5.32 Å². The topological polar surface area (TPSA) is 105 Å². The lowest BCUT2D eigenvalue weighted by molar-refractivity contribution is -0.115. The van der Waals surface area contributed by atoms with Crippen molar-refractivity contribution in [2.24, 2.45) is 5.73 Å². The Bertz CT molecular complexity index is 997. The predicted octanol–water partition coefficient (Wildman–Crippen LogP) is 5.20. The third kappa shape index (κ3) is 5.97. The molecule has 0 aliphatic carbocycles. The molecule has 0 saturated carbocycles. The Balaban J connectivity index is 2.24. The molecule has 2 aromatic rings. The zero-order valence-electron chi connectivity index (χ0n) is 13.9. The molecule has 3 amide bonds. The number of urea groups is 1. The summed E-state index contributed by atoms with van der Waals surface area (Å²) in [7, 11) is 0. The minimum absolute atomic E-state index is 0.201. The maximum atomic E-state index is 11.8. The number of carbonyl (C=O) groups is 2. The quantitative estimate of drug-likeness (QED) is 0.396. The molecular formula is C18H11Br2Cl2N3O3. The molecule has 0 unspecified atom stereocenters. The van der Waals surface area contributed by atoms with Crippen LogP contribution in [0.3, 0.4) is 0 Å². The largest absolute Gasteiger partial charge is 0.486 e. The Labute approximate surface area is 187 Å². The molecule has 0 radical (unpaired) electrons. The molecule has 0 aliphatic heterocycles. The first kappa shape index (κ1) is 22.2. The van der Waals surface area contributed by atoms with Crippen LogP contribution in [-0.4, -0.2) is 11.9 Å². The molecule has 6 nitrogen and oxygen atoms in total. The van der Waals surface area contributed by atoms with Gasteiger partial charge in [-0.05, 0) is 67.8 Å². The van der Waals surface area contributed by atoms with Crippen LogP contribution >= 0.6 is 55.1 Å². The van der Waals surface area contributed by atoms with Crippen molar-refractivity contribution >= 4 is 73.1 Å². The summed E-state index contributed by atoms with van der Waals surface area (Å²) in [6.07, 6.45) is 1.31. The molecule has 0 bridgehead atoms. The van der Waals surface area contributed by atoms with E-state index in [9.17, 15) is 9.59 Å². The van der Waals surface area contributed by atoms with Gasteiger partial charge >= 0.3 is 6.03 Å². The molecule has 2 aromatic carbocycles. The summed E-state index contributed by atoms with van der Waals surface area (Å²) in [6, 6.07) is 9.08. The summed E-state index contributed by atoms with van der Waals surface area (Å²) in [5.41, 5.74) is 5.89. The van der Waals surface area contributed by atoms with Crippen LogP contribution in [0.1, 0.15) is 11.1 Å². The molecule has 0 heterocycles. The Morgan fingerprint density at radius 1 is 1.21 bits per heavy atom. The molecule has 2 rings (SSSR count). The van der Waals surface area contributed by atoms with Crippen molar-refractivity contribution in [1.82, 2.24) is 5.32 Å². The maximum absolute atomic E-state index is 11.8. The molecule has 0 atom stereocenters. The van der Waals surface area contributed by atoms with Crippen LogP contribution in [0.25, 0.3) is 6.08 Å². The Morgan fingerprint density at radius 2 is 1.86 bits per heavy atom. The standard InChI is InChI=1S/C18H11Br2Cl2N3O3/c19-13-4-9(3-11(7-23)17(26)25-18(24)27)5-14(20)16(13)28-8-10-1-2-12(21)6-15(10)22/h1-6H,8H2,(H3,24,25,26,27)/b11-3-. The zero-order chi connectivity index (χ0) is 20.8. The third-order valence-corrected chi connectivity index (χ3v) is 5.09. The number of imide groups is 1. The minimum Gasteiger partial charge on any atom is -0.486 e. The van der Waals surface area contributed by atoms with Gasteiger partial charge in [-0.2, -0.15) is 5.26 Å². The second-order valence-electron chi connectivity index (χ2n) is 5.33. The van der Waals surface area contributed by atoms with Crippen molar-refractivity contribution in [3.63, 3.8) is 0 Å². The van der Waals surface area contributed by atoms with Gasteiger partial charge in [0.25, 0.3) is 5.91 Å². The summed E-state index contributed by atoms with van der Waals surface area (Å²) in [5.74, 6) is -0.386. The average Bonchev–Trinajstić information content (AvgIpc) is 2.59. The monoisotopic (exact) mass is 545 g/mol. The summed E-state index contributed by atoms with van der Waals surface area (Å²) in [6.45, 7) is 0.201. The summed E-state index contributed by atoms with van der Waals surface area (Å²) < 4.78 is 6.96. The van der Waals surface area contributed by atoms with E-state index in [1.165, 1.54) is 6.08 Å². The molecule has 0 saturated heterocycles. The van der Waals surface area contributed by atoms with E-state index < -0.39 is 11.9 Å². The number of halogens is 4. The number of hydrogen-bond donors (Lipinski definition) is 2. The van der Waals surface area contributed by atoms with Gasteiger partial charge in [0.1, 0.15) is 24.0 Å². The van der Waals surface area contributed by atoms with Gasteiger partial charge in [-0.25, -0.2) is 4.79 Å². The number of amides is 3. The number of benzene rings is 2. The van der Waals surface area contributed by atoms with Gasteiger partial charge in [0.2, 0.25) is 0 Å². The highest BCUT2D eigenvalue weighted by Crippen LogP contribution is 2.36. The summed E-state index contributed by atoms with van der Waals surface area (Å²) >= 11 is 18.8. The first-order valence-corrected chi connectivity index (χ1v) is 9.83. The number of hydrogen-bond acceptors (Lipinski definition) is 4. The van der Waals surface area contributed by atoms with Gasteiger partial charge < -0.3 is 10.5 Å². The second kappa shape index (κ2) is 9.94. The lowest BCUT2D eigenvalue weighted by atomic mass is 10.1. The van der Waals surface area contributed by atoms with Crippen LogP contribution in [0.15, 0.2) is 44.9 Å². The van der Waals surface area contributed by atoms with E-state index in [4.69, 9.17) is 38.9 Å². The summed E-state index contributed by atoms with van der Waals surface area (Å²) in [4.78, 5) is 22.5. The number of rotatable bonds is 5. The molecule has 0 fully saturated rings. The van der Waals surface area contributed by atoms with Gasteiger partial charge in [-0.15, -0.1) is 0 Å². The highest BCUT2D eigenvalue weighted by atomic mass is 79.9. The van der Waals surface area contributed by atoms with Crippen LogP contribution in [-0.2, 0) is 11.4 Å². The van der Waals surface area contributed by atoms with Crippen molar-refractivity contribution in [3.8, 4) is 11.8 Å². The van der Waals surface area contributed by atoms with E-state index in [0.29, 0.717) is 30.3 Å². The van der Waals surface area contributed by atoms with Crippen molar-refractivity contribution < 1.29 is 14.3 Å². The van der Waals surface area contributed by atoms with E-state index in [1.54, 1.807) is 36.4 Å². The maximum Gasteiger partial charge on any atom is 0.319 e. The van der Waals surface area contributed by atoms with Crippen molar-refractivity contribution in [1.29, 1.82) is 5.26 Å². The smallest absolute Gasteiger partial charge is 0.319 e. The Hall–Kier alpha value is -2.05. The number of ether oxygens (including phenoxy) is 1. The lowest BCUT2D eigenvalue weighted by Crippen LogP contribution is -2.35. The molecule has 0 aromatic heterocycles. The second-order valence-corrected chi connectivity index (χ2v) is 7.88.